The molecule has 160 valence electrons. The highest BCUT2D eigenvalue weighted by Crippen LogP contribution is 2.44. The lowest BCUT2D eigenvalue weighted by molar-refractivity contribution is -0.131. The van der Waals surface area contributed by atoms with Gasteiger partial charge in [0.05, 0.1) is 18.0 Å². The predicted molar refractivity (Wildman–Crippen MR) is 109 cm³/mol. The van der Waals surface area contributed by atoms with Crippen LogP contribution >= 0.6 is 0 Å². The summed E-state index contributed by atoms with van der Waals surface area (Å²) in [7, 11) is 1.42. The van der Waals surface area contributed by atoms with Gasteiger partial charge in [0, 0.05) is 44.8 Å². The van der Waals surface area contributed by atoms with Crippen LogP contribution in [-0.2, 0) is 4.79 Å². The lowest BCUT2D eigenvalue weighted by Crippen LogP contribution is -2.53. The molecular weight excluding hydrogens is 393 g/mol. The van der Waals surface area contributed by atoms with E-state index in [4.69, 9.17) is 4.74 Å². The van der Waals surface area contributed by atoms with Gasteiger partial charge in [0.1, 0.15) is 11.3 Å². The molecule has 0 bridgehead atoms. The van der Waals surface area contributed by atoms with Gasteiger partial charge in [-0.05, 0) is 25.8 Å². The van der Waals surface area contributed by atoms with E-state index in [2.05, 4.69) is 0 Å². The highest BCUT2D eigenvalue weighted by Gasteiger charge is 2.33. The number of fused-ring (bicyclic) bond motifs is 1. The van der Waals surface area contributed by atoms with Crippen molar-refractivity contribution in [1.29, 1.82) is 0 Å². The SMILES string of the molecule is COc1c(N2CCN(C(C)=O)C(C)C2)c(F)cc2c(=O)c(C(=O)O)cn(C3CC3)c12. The number of ether oxygens (including phenoxy) is 1. The van der Waals surface area contributed by atoms with Crippen LogP contribution in [0.3, 0.4) is 0 Å². The Balaban J connectivity index is 1.92. The van der Waals surface area contributed by atoms with Crippen LogP contribution in [0.5, 0.6) is 5.75 Å². The molecular formula is C21H24FN3O5. The molecule has 1 saturated heterocycles. The van der Waals surface area contributed by atoms with Crippen molar-refractivity contribution in [3.05, 3.63) is 33.9 Å². The van der Waals surface area contributed by atoms with E-state index in [1.165, 1.54) is 20.2 Å². The Bertz CT molecular complexity index is 1110. The molecule has 9 heteroatoms. The summed E-state index contributed by atoms with van der Waals surface area (Å²) < 4.78 is 22.6. The first-order valence-electron chi connectivity index (χ1n) is 9.95. The second kappa shape index (κ2) is 7.30. The van der Waals surface area contributed by atoms with Crippen molar-refractivity contribution in [2.24, 2.45) is 0 Å². The zero-order valence-electron chi connectivity index (χ0n) is 17.1. The Morgan fingerprint density at radius 3 is 2.50 bits per heavy atom. The van der Waals surface area contributed by atoms with Crippen LogP contribution in [-0.4, -0.2) is 59.2 Å². The normalized spacial score (nSPS) is 19.3. The molecule has 1 aliphatic heterocycles. The summed E-state index contributed by atoms with van der Waals surface area (Å²) in [6, 6.07) is 1.05. The van der Waals surface area contributed by atoms with Crippen LogP contribution < -0.4 is 15.1 Å². The van der Waals surface area contributed by atoms with E-state index in [-0.39, 0.29) is 40.4 Å². The van der Waals surface area contributed by atoms with Crippen LogP contribution in [0.2, 0.25) is 0 Å². The van der Waals surface area contributed by atoms with Crippen molar-refractivity contribution in [2.75, 3.05) is 31.6 Å². The first-order valence-corrected chi connectivity index (χ1v) is 9.95. The lowest BCUT2D eigenvalue weighted by atomic mass is 10.1. The van der Waals surface area contributed by atoms with Crippen molar-refractivity contribution >= 4 is 28.5 Å². The third-order valence-electron chi connectivity index (χ3n) is 5.92. The summed E-state index contributed by atoms with van der Waals surface area (Å²) in [6.07, 6.45) is 3.04. The number of anilines is 1. The topological polar surface area (TPSA) is 92.1 Å². The number of benzene rings is 1. The van der Waals surface area contributed by atoms with Gasteiger partial charge in [0.15, 0.2) is 11.6 Å². The molecule has 1 amide bonds. The molecule has 2 aliphatic rings. The largest absolute Gasteiger partial charge is 0.492 e. The molecule has 1 saturated carbocycles. The average molecular weight is 417 g/mol. The fourth-order valence-corrected chi connectivity index (χ4v) is 4.35. The van der Waals surface area contributed by atoms with E-state index >= 15 is 4.39 Å². The number of aromatic nitrogens is 1. The number of hydrogen-bond donors (Lipinski definition) is 1. The molecule has 2 aromatic rings. The molecule has 1 N–H and O–H groups in total. The van der Waals surface area contributed by atoms with Crippen molar-refractivity contribution in [3.63, 3.8) is 0 Å². The van der Waals surface area contributed by atoms with Crippen LogP contribution in [0.15, 0.2) is 17.1 Å². The molecule has 0 spiro atoms. The number of carbonyl (C=O) groups is 2. The molecule has 1 unspecified atom stereocenters. The maximum Gasteiger partial charge on any atom is 0.341 e. The van der Waals surface area contributed by atoms with Crippen molar-refractivity contribution < 1.29 is 23.8 Å². The molecule has 0 radical (unpaired) electrons. The first kappa shape index (κ1) is 20.2. The van der Waals surface area contributed by atoms with Gasteiger partial charge in [-0.15, -0.1) is 0 Å². The zero-order chi connectivity index (χ0) is 21.7. The number of nitrogens with zero attached hydrogens (tertiary/aromatic N) is 3. The molecule has 1 aliphatic carbocycles. The molecule has 4 rings (SSSR count). The van der Waals surface area contributed by atoms with E-state index in [1.54, 1.807) is 9.47 Å². The number of carboxylic acids is 1. The number of amides is 1. The molecule has 1 atom stereocenters. The predicted octanol–water partition coefficient (Wildman–Crippen LogP) is 2.24. The van der Waals surface area contributed by atoms with Gasteiger partial charge in [0.2, 0.25) is 11.3 Å². The summed E-state index contributed by atoms with van der Waals surface area (Å²) in [5.74, 6) is -1.80. The van der Waals surface area contributed by atoms with Gasteiger partial charge in [-0.3, -0.25) is 9.59 Å². The standard InChI is InChI=1S/C21H24FN3O5/c1-11-9-23(6-7-24(11)12(2)26)18-16(22)8-14-17(20(18)30-3)25(13-4-5-13)10-15(19(14)27)21(28)29/h8,10-11,13H,4-7,9H2,1-3H3,(H,28,29). The van der Waals surface area contributed by atoms with Gasteiger partial charge in [-0.1, -0.05) is 0 Å². The number of hydrogen-bond acceptors (Lipinski definition) is 5. The maximum atomic E-state index is 15.3. The Morgan fingerprint density at radius 1 is 1.27 bits per heavy atom. The number of rotatable bonds is 4. The van der Waals surface area contributed by atoms with Crippen LogP contribution in [0.1, 0.15) is 43.1 Å². The van der Waals surface area contributed by atoms with Gasteiger partial charge < -0.3 is 24.2 Å². The summed E-state index contributed by atoms with van der Waals surface area (Å²) in [6.45, 7) is 4.70. The second-order valence-corrected chi connectivity index (χ2v) is 7.96. The highest BCUT2D eigenvalue weighted by molar-refractivity contribution is 5.97. The van der Waals surface area contributed by atoms with Crippen molar-refractivity contribution in [2.45, 2.75) is 38.8 Å². The summed E-state index contributed by atoms with van der Waals surface area (Å²) in [5.41, 5.74) is -0.467. The quantitative estimate of drug-likeness (QED) is 0.820. The minimum Gasteiger partial charge on any atom is -0.492 e. The van der Waals surface area contributed by atoms with Crippen molar-refractivity contribution in [1.82, 2.24) is 9.47 Å². The monoisotopic (exact) mass is 417 g/mol. The number of carboxylic acid groups (broad SMARTS) is 1. The fourth-order valence-electron chi connectivity index (χ4n) is 4.35. The molecule has 2 heterocycles. The first-order chi connectivity index (χ1) is 14.2. The summed E-state index contributed by atoms with van der Waals surface area (Å²) in [5, 5.41) is 9.42. The van der Waals surface area contributed by atoms with Crippen molar-refractivity contribution in [3.8, 4) is 5.75 Å². The van der Waals surface area contributed by atoms with Gasteiger partial charge >= 0.3 is 5.97 Å². The Morgan fingerprint density at radius 2 is 1.97 bits per heavy atom. The smallest absolute Gasteiger partial charge is 0.341 e. The minimum absolute atomic E-state index is 0.00433. The van der Waals surface area contributed by atoms with Crippen LogP contribution in [0.4, 0.5) is 10.1 Å². The Labute approximate surface area is 172 Å². The van der Waals surface area contributed by atoms with Crippen LogP contribution in [0, 0.1) is 5.82 Å². The summed E-state index contributed by atoms with van der Waals surface area (Å²) >= 11 is 0. The van der Waals surface area contributed by atoms with Gasteiger partial charge in [0.25, 0.3) is 0 Å². The van der Waals surface area contributed by atoms with E-state index in [1.807, 2.05) is 11.8 Å². The van der Waals surface area contributed by atoms with E-state index < -0.39 is 17.2 Å². The number of piperazine rings is 1. The number of halogens is 1. The number of methoxy groups -OCH3 is 1. The van der Waals surface area contributed by atoms with Gasteiger partial charge in [-0.2, -0.15) is 0 Å². The summed E-state index contributed by atoms with van der Waals surface area (Å²) in [4.78, 5) is 39.7. The minimum atomic E-state index is -1.34. The second-order valence-electron chi connectivity index (χ2n) is 7.96. The maximum absolute atomic E-state index is 15.3. The lowest BCUT2D eigenvalue weighted by Gasteiger charge is -2.41. The number of pyridine rings is 1. The molecule has 2 fully saturated rings. The third kappa shape index (κ3) is 3.18. The van der Waals surface area contributed by atoms with E-state index in [0.29, 0.717) is 25.2 Å². The molecule has 8 nitrogen and oxygen atoms in total. The van der Waals surface area contributed by atoms with Crippen LogP contribution in [0.25, 0.3) is 10.9 Å². The van der Waals surface area contributed by atoms with E-state index in [9.17, 15) is 19.5 Å². The average Bonchev–Trinajstić information content (AvgIpc) is 3.52. The zero-order valence-corrected chi connectivity index (χ0v) is 17.1. The van der Waals surface area contributed by atoms with E-state index in [0.717, 1.165) is 18.9 Å². The Kier molecular flexibility index (Phi) is 4.91. The third-order valence-corrected chi connectivity index (χ3v) is 5.92. The van der Waals surface area contributed by atoms with Gasteiger partial charge in [-0.25, -0.2) is 9.18 Å². The fraction of sp³-hybridized carbons (Fsp3) is 0.476. The molecule has 30 heavy (non-hydrogen) atoms. The number of carbonyl (C=O) groups excluding carboxylic acids is 1. The molecule has 1 aromatic heterocycles. The Hall–Kier alpha value is -3.10. The molecule has 1 aromatic carbocycles. The highest BCUT2D eigenvalue weighted by atomic mass is 19.1. The number of aromatic carboxylic acids is 1.